The topological polar surface area (TPSA) is 85.1 Å². The van der Waals surface area contributed by atoms with Crippen LogP contribution in [0.25, 0.3) is 4.85 Å². The number of hydrogen-bond donors (Lipinski definition) is 0. The molecule has 2 aliphatic rings. The number of carbonyl (C=O) groups excluding carboxylic acids is 2. The third kappa shape index (κ3) is 7.44. The molecule has 2 saturated heterocycles. The van der Waals surface area contributed by atoms with E-state index in [1.165, 1.54) is 0 Å². The van der Waals surface area contributed by atoms with E-state index in [9.17, 15) is 9.59 Å². The fourth-order valence-corrected chi connectivity index (χ4v) is 5.06. The lowest BCUT2D eigenvalue weighted by atomic mass is 10.0. The van der Waals surface area contributed by atoms with Crippen LogP contribution in [0.5, 0.6) is 17.2 Å². The van der Waals surface area contributed by atoms with Crippen molar-refractivity contribution in [1.29, 1.82) is 0 Å². The lowest BCUT2D eigenvalue weighted by Crippen LogP contribution is -2.50. The Morgan fingerprint density at radius 3 is 2.24 bits per heavy atom. The molecule has 10 nitrogen and oxygen atoms in total. The highest BCUT2D eigenvalue weighted by Gasteiger charge is 2.36. The molecule has 1 aromatic rings. The third-order valence-corrected chi connectivity index (χ3v) is 6.92. The van der Waals surface area contributed by atoms with E-state index >= 15 is 0 Å². The summed E-state index contributed by atoms with van der Waals surface area (Å²) in [5.41, 5.74) is 0.270. The summed E-state index contributed by atoms with van der Waals surface area (Å²) in [5, 5.41) is 0. The Kier molecular flexibility index (Phi) is 10.1. The zero-order valence-electron chi connectivity index (χ0n) is 23.6. The summed E-state index contributed by atoms with van der Waals surface area (Å²) in [7, 11) is 3.21. The van der Waals surface area contributed by atoms with E-state index in [1.807, 2.05) is 39.8 Å². The molecule has 0 aliphatic carbocycles. The van der Waals surface area contributed by atoms with Crippen LogP contribution < -0.4 is 14.2 Å². The molecule has 1 aromatic carbocycles. The van der Waals surface area contributed by atoms with Gasteiger partial charge in [0, 0.05) is 50.8 Å². The smallest absolute Gasteiger partial charge is 0.410 e. The molecular formula is C28H42N4O6. The van der Waals surface area contributed by atoms with Crippen LogP contribution in [0, 0.1) is 6.57 Å². The monoisotopic (exact) mass is 530 g/mol. The molecule has 0 radical (unpaired) electrons. The number of nitrogens with zero attached hydrogens (tertiary/aromatic N) is 4. The molecule has 38 heavy (non-hydrogen) atoms. The summed E-state index contributed by atoms with van der Waals surface area (Å²) in [6.07, 6.45) is 2.23. The van der Waals surface area contributed by atoms with Gasteiger partial charge in [0.2, 0.25) is 5.91 Å². The number of likely N-dealkylation sites (tertiary alicyclic amines) is 2. The number of benzene rings is 1. The molecule has 2 fully saturated rings. The van der Waals surface area contributed by atoms with Crippen LogP contribution in [0.4, 0.5) is 4.79 Å². The molecule has 0 saturated carbocycles. The molecular weight excluding hydrogens is 488 g/mol. The Bertz CT molecular complexity index is 985. The minimum atomic E-state index is -0.553. The van der Waals surface area contributed by atoms with Crippen molar-refractivity contribution in [2.75, 3.05) is 47.0 Å². The second kappa shape index (κ2) is 13.1. The predicted molar refractivity (Wildman–Crippen MR) is 143 cm³/mol. The fraction of sp³-hybridized carbons (Fsp3) is 0.679. The van der Waals surface area contributed by atoms with Crippen LogP contribution in [0.15, 0.2) is 12.1 Å². The van der Waals surface area contributed by atoms with Crippen LogP contribution in [-0.2, 0) is 16.1 Å². The summed E-state index contributed by atoms with van der Waals surface area (Å²) in [5.74, 6) is 1.84. The van der Waals surface area contributed by atoms with E-state index in [4.69, 9.17) is 25.5 Å². The standard InChI is InChI=1S/C28H42N4O6/c1-8-37-21-16-23(35-6)22(24(17-21)36-7)18-31(19-26(33)32-13-9-10-25(32)29-5)20-11-14-30(15-12-20)27(34)38-28(2,3)4/h16-17,20,25H,8-15,18-19H2,1-4,6-7H3/t25-/m0/s1. The van der Waals surface area contributed by atoms with Crippen molar-refractivity contribution in [1.82, 2.24) is 14.7 Å². The van der Waals surface area contributed by atoms with Crippen molar-refractivity contribution in [2.24, 2.45) is 0 Å². The quantitative estimate of drug-likeness (QED) is 0.443. The van der Waals surface area contributed by atoms with Crippen LogP contribution in [-0.4, -0.2) is 91.5 Å². The zero-order valence-corrected chi connectivity index (χ0v) is 23.6. The van der Waals surface area contributed by atoms with Gasteiger partial charge in [-0.15, -0.1) is 0 Å². The minimum absolute atomic E-state index is 0.0487. The molecule has 210 valence electrons. The van der Waals surface area contributed by atoms with Gasteiger partial charge in [-0.1, -0.05) is 0 Å². The maximum Gasteiger partial charge on any atom is 0.410 e. The molecule has 0 N–H and O–H groups in total. The zero-order chi connectivity index (χ0) is 27.9. The summed E-state index contributed by atoms with van der Waals surface area (Å²) < 4.78 is 22.6. The first-order valence-corrected chi connectivity index (χ1v) is 13.4. The second-order valence-corrected chi connectivity index (χ2v) is 10.7. The normalized spacial score (nSPS) is 18.3. The lowest BCUT2D eigenvalue weighted by molar-refractivity contribution is -0.133. The number of carbonyl (C=O) groups is 2. The molecule has 0 unspecified atom stereocenters. The Hall–Kier alpha value is -3.19. The van der Waals surface area contributed by atoms with Gasteiger partial charge < -0.3 is 23.8 Å². The lowest BCUT2D eigenvalue weighted by Gasteiger charge is -2.39. The number of ether oxygens (including phenoxy) is 4. The maximum atomic E-state index is 13.4. The predicted octanol–water partition coefficient (Wildman–Crippen LogP) is 4.17. The molecule has 0 aromatic heterocycles. The summed E-state index contributed by atoms with van der Waals surface area (Å²) in [6.45, 7) is 17.8. The number of piperidine rings is 1. The van der Waals surface area contributed by atoms with Crippen LogP contribution in [0.2, 0.25) is 0 Å². The summed E-state index contributed by atoms with van der Waals surface area (Å²) >= 11 is 0. The van der Waals surface area contributed by atoms with Crippen molar-refractivity contribution in [3.63, 3.8) is 0 Å². The first kappa shape index (κ1) is 29.4. The van der Waals surface area contributed by atoms with E-state index in [0.29, 0.717) is 69.3 Å². The largest absolute Gasteiger partial charge is 0.496 e. The van der Waals surface area contributed by atoms with Gasteiger partial charge in [0.15, 0.2) is 0 Å². The summed E-state index contributed by atoms with van der Waals surface area (Å²) in [6, 6.07) is 3.72. The van der Waals surface area contributed by atoms with Crippen molar-refractivity contribution < 1.29 is 28.5 Å². The molecule has 2 aliphatic heterocycles. The number of rotatable bonds is 9. The van der Waals surface area contributed by atoms with E-state index in [-0.39, 0.29) is 24.6 Å². The Labute approximate surface area is 226 Å². The van der Waals surface area contributed by atoms with Crippen LogP contribution >= 0.6 is 0 Å². The van der Waals surface area contributed by atoms with Crippen molar-refractivity contribution in [3.05, 3.63) is 29.1 Å². The molecule has 3 rings (SSSR count). The average Bonchev–Trinajstić information content (AvgIpc) is 3.37. The Balaban J connectivity index is 1.84. The number of methoxy groups -OCH3 is 2. The molecule has 2 heterocycles. The molecule has 2 amide bonds. The van der Waals surface area contributed by atoms with Gasteiger partial charge in [-0.2, -0.15) is 0 Å². The van der Waals surface area contributed by atoms with E-state index < -0.39 is 11.8 Å². The molecule has 0 bridgehead atoms. The summed E-state index contributed by atoms with van der Waals surface area (Å²) in [4.78, 5) is 35.2. The van der Waals surface area contributed by atoms with Gasteiger partial charge in [0.1, 0.15) is 22.8 Å². The Morgan fingerprint density at radius 2 is 1.71 bits per heavy atom. The maximum absolute atomic E-state index is 13.4. The van der Waals surface area contributed by atoms with Crippen molar-refractivity contribution in [2.45, 2.75) is 77.7 Å². The molecule has 1 atom stereocenters. The van der Waals surface area contributed by atoms with E-state index in [0.717, 1.165) is 12.0 Å². The third-order valence-electron chi connectivity index (χ3n) is 6.92. The van der Waals surface area contributed by atoms with Crippen LogP contribution in [0.3, 0.4) is 0 Å². The highest BCUT2D eigenvalue weighted by atomic mass is 16.6. The van der Waals surface area contributed by atoms with Crippen molar-refractivity contribution >= 4 is 12.0 Å². The van der Waals surface area contributed by atoms with Gasteiger partial charge >= 0.3 is 12.3 Å². The highest BCUT2D eigenvalue weighted by molar-refractivity contribution is 5.79. The second-order valence-electron chi connectivity index (χ2n) is 10.7. The SMILES string of the molecule is [C-]#[N+][C@@H]1CCCN1C(=O)CN(Cc1c(OC)cc(OCC)cc1OC)C1CCN(C(=O)OC(C)(C)C)CC1. The van der Waals surface area contributed by atoms with E-state index in [1.54, 1.807) is 24.0 Å². The fourth-order valence-electron chi connectivity index (χ4n) is 5.06. The van der Waals surface area contributed by atoms with Gasteiger partial charge in [-0.05, 0) is 47.0 Å². The highest BCUT2D eigenvalue weighted by Crippen LogP contribution is 2.36. The van der Waals surface area contributed by atoms with Gasteiger partial charge in [0.05, 0.1) is 32.9 Å². The average molecular weight is 531 g/mol. The van der Waals surface area contributed by atoms with Gasteiger partial charge in [0.25, 0.3) is 0 Å². The van der Waals surface area contributed by atoms with Gasteiger partial charge in [-0.25, -0.2) is 11.4 Å². The molecule has 0 spiro atoms. The minimum Gasteiger partial charge on any atom is -0.496 e. The van der Waals surface area contributed by atoms with Crippen LogP contribution in [0.1, 0.15) is 58.9 Å². The number of amides is 2. The van der Waals surface area contributed by atoms with E-state index in [2.05, 4.69) is 9.74 Å². The van der Waals surface area contributed by atoms with Gasteiger partial charge in [-0.3, -0.25) is 19.4 Å². The van der Waals surface area contributed by atoms with Crippen molar-refractivity contribution in [3.8, 4) is 17.2 Å². The Morgan fingerprint density at radius 1 is 1.08 bits per heavy atom. The number of hydrogen-bond acceptors (Lipinski definition) is 7. The first-order chi connectivity index (χ1) is 18.1. The molecule has 10 heteroatoms. The first-order valence-electron chi connectivity index (χ1n) is 13.4.